The molecule has 1 aromatic carbocycles. The lowest BCUT2D eigenvalue weighted by atomic mass is 10.1. The SMILES string of the molecule is C[C@H](NC(=O)NC[C@H]1CCN(CC(F)(F)F)C1)c1ccc(Cl)c(Cl)c1. The zero-order valence-corrected chi connectivity index (χ0v) is 15.2. The highest BCUT2D eigenvalue weighted by atomic mass is 35.5. The van der Waals surface area contributed by atoms with E-state index < -0.39 is 12.7 Å². The summed E-state index contributed by atoms with van der Waals surface area (Å²) in [6.07, 6.45) is -3.55. The van der Waals surface area contributed by atoms with E-state index in [9.17, 15) is 18.0 Å². The number of carbonyl (C=O) groups is 1. The Morgan fingerprint density at radius 2 is 2.08 bits per heavy atom. The molecule has 0 spiro atoms. The normalized spacial score (nSPS) is 19.7. The van der Waals surface area contributed by atoms with Crippen LogP contribution in [0.25, 0.3) is 0 Å². The second-order valence-corrected chi connectivity index (χ2v) is 7.07. The molecule has 1 saturated heterocycles. The number of rotatable bonds is 5. The first kappa shape index (κ1) is 20.1. The third kappa shape index (κ3) is 6.56. The van der Waals surface area contributed by atoms with E-state index in [4.69, 9.17) is 23.2 Å². The van der Waals surface area contributed by atoms with Crippen LogP contribution in [0.3, 0.4) is 0 Å². The van der Waals surface area contributed by atoms with E-state index in [2.05, 4.69) is 10.6 Å². The average molecular weight is 398 g/mol. The molecule has 0 aliphatic carbocycles. The number of nitrogens with one attached hydrogen (secondary N) is 2. The summed E-state index contributed by atoms with van der Waals surface area (Å²) in [5.41, 5.74) is 0.807. The van der Waals surface area contributed by atoms with E-state index in [-0.39, 0.29) is 18.0 Å². The Labute approximate surface area is 154 Å². The molecule has 2 rings (SSSR count). The molecule has 0 saturated carbocycles. The van der Waals surface area contributed by atoms with Crippen LogP contribution in [0.4, 0.5) is 18.0 Å². The average Bonchev–Trinajstić information content (AvgIpc) is 2.93. The highest BCUT2D eigenvalue weighted by molar-refractivity contribution is 6.42. The number of urea groups is 1. The first-order valence-corrected chi connectivity index (χ1v) is 8.68. The standard InChI is InChI=1S/C16H20Cl2F3N3O/c1-10(12-2-3-13(17)14(18)6-12)23-15(25)22-7-11-4-5-24(8-11)9-16(19,20)21/h2-3,6,10-11H,4-5,7-9H2,1H3,(H2,22,23,25)/t10-,11+/m0/s1. The van der Waals surface area contributed by atoms with Gasteiger partial charge in [-0.15, -0.1) is 0 Å². The van der Waals surface area contributed by atoms with E-state index >= 15 is 0 Å². The Balaban J connectivity index is 1.74. The second kappa shape index (κ2) is 8.47. The van der Waals surface area contributed by atoms with Crippen molar-refractivity contribution in [2.24, 2.45) is 5.92 Å². The smallest absolute Gasteiger partial charge is 0.338 e. The maximum Gasteiger partial charge on any atom is 0.401 e. The van der Waals surface area contributed by atoms with Crippen molar-refractivity contribution in [3.63, 3.8) is 0 Å². The first-order chi connectivity index (χ1) is 11.6. The Morgan fingerprint density at radius 3 is 2.72 bits per heavy atom. The van der Waals surface area contributed by atoms with Gasteiger partial charge in [-0.25, -0.2) is 4.79 Å². The van der Waals surface area contributed by atoms with E-state index in [0.29, 0.717) is 36.1 Å². The molecule has 9 heteroatoms. The van der Waals surface area contributed by atoms with Gasteiger partial charge in [0.05, 0.1) is 22.6 Å². The van der Waals surface area contributed by atoms with E-state index in [1.807, 2.05) is 0 Å². The summed E-state index contributed by atoms with van der Waals surface area (Å²) in [5, 5.41) is 6.33. The van der Waals surface area contributed by atoms with Crippen molar-refractivity contribution in [1.82, 2.24) is 15.5 Å². The molecule has 2 atom stereocenters. The molecule has 2 amide bonds. The third-order valence-corrected chi connectivity index (χ3v) is 4.85. The summed E-state index contributed by atoms with van der Waals surface area (Å²) < 4.78 is 37.1. The Morgan fingerprint density at radius 1 is 1.36 bits per heavy atom. The summed E-state index contributed by atoms with van der Waals surface area (Å²) in [6.45, 7) is 1.98. The predicted octanol–water partition coefficient (Wildman–Crippen LogP) is 4.24. The van der Waals surface area contributed by atoms with Crippen LogP contribution in [0, 0.1) is 5.92 Å². The van der Waals surface area contributed by atoms with Crippen LogP contribution in [0.15, 0.2) is 18.2 Å². The van der Waals surface area contributed by atoms with Crippen molar-refractivity contribution in [2.45, 2.75) is 25.6 Å². The summed E-state index contributed by atoms with van der Waals surface area (Å²) in [7, 11) is 0. The maximum absolute atomic E-state index is 12.4. The van der Waals surface area contributed by atoms with Gasteiger partial charge in [0.25, 0.3) is 0 Å². The van der Waals surface area contributed by atoms with Gasteiger partial charge in [0.2, 0.25) is 0 Å². The zero-order valence-electron chi connectivity index (χ0n) is 13.7. The molecular weight excluding hydrogens is 378 g/mol. The van der Waals surface area contributed by atoms with E-state index in [0.717, 1.165) is 5.56 Å². The van der Waals surface area contributed by atoms with E-state index in [1.165, 1.54) is 4.90 Å². The topological polar surface area (TPSA) is 44.4 Å². The summed E-state index contributed by atoms with van der Waals surface area (Å²) in [6, 6.07) is 4.46. The van der Waals surface area contributed by atoms with Gasteiger partial charge in [0, 0.05) is 13.1 Å². The minimum absolute atomic E-state index is 0.0217. The maximum atomic E-state index is 12.4. The minimum atomic E-state index is -4.19. The largest absolute Gasteiger partial charge is 0.401 e. The number of halogens is 5. The van der Waals surface area contributed by atoms with Gasteiger partial charge >= 0.3 is 12.2 Å². The summed E-state index contributed by atoms with van der Waals surface area (Å²) >= 11 is 11.8. The highest BCUT2D eigenvalue weighted by Crippen LogP contribution is 2.25. The van der Waals surface area contributed by atoms with E-state index in [1.54, 1.807) is 25.1 Å². The molecule has 1 fully saturated rings. The monoisotopic (exact) mass is 397 g/mol. The molecule has 25 heavy (non-hydrogen) atoms. The quantitative estimate of drug-likeness (QED) is 0.780. The number of likely N-dealkylation sites (tertiary alicyclic amines) is 1. The Hall–Kier alpha value is -1.18. The fraction of sp³-hybridized carbons (Fsp3) is 0.562. The molecule has 1 aromatic rings. The molecule has 1 heterocycles. The molecular formula is C16H20Cl2F3N3O. The number of carbonyl (C=O) groups excluding carboxylic acids is 1. The number of benzene rings is 1. The minimum Gasteiger partial charge on any atom is -0.338 e. The lowest BCUT2D eigenvalue weighted by Gasteiger charge is -2.19. The van der Waals surface area contributed by atoms with Crippen LogP contribution in [0.5, 0.6) is 0 Å². The summed E-state index contributed by atoms with van der Waals surface area (Å²) in [5.74, 6) is 0.0217. The second-order valence-electron chi connectivity index (χ2n) is 6.25. The molecule has 2 N–H and O–H groups in total. The number of alkyl halides is 3. The molecule has 140 valence electrons. The van der Waals surface area contributed by atoms with Gasteiger partial charge in [-0.05, 0) is 43.5 Å². The van der Waals surface area contributed by atoms with Crippen molar-refractivity contribution >= 4 is 29.2 Å². The van der Waals surface area contributed by atoms with Crippen molar-refractivity contribution in [2.75, 3.05) is 26.2 Å². The van der Waals surface area contributed by atoms with Crippen molar-refractivity contribution in [3.8, 4) is 0 Å². The predicted molar refractivity (Wildman–Crippen MR) is 92.0 cm³/mol. The van der Waals surface area contributed by atoms with Crippen LogP contribution >= 0.6 is 23.2 Å². The first-order valence-electron chi connectivity index (χ1n) is 7.92. The lowest BCUT2D eigenvalue weighted by molar-refractivity contribution is -0.143. The molecule has 0 bridgehead atoms. The molecule has 1 aliphatic heterocycles. The van der Waals surface area contributed by atoms with Crippen molar-refractivity contribution < 1.29 is 18.0 Å². The number of hydrogen-bond donors (Lipinski definition) is 2. The number of hydrogen-bond acceptors (Lipinski definition) is 2. The Bertz CT molecular complexity index is 613. The lowest BCUT2D eigenvalue weighted by Crippen LogP contribution is -2.40. The van der Waals surface area contributed by atoms with Gasteiger partial charge in [-0.3, -0.25) is 4.90 Å². The van der Waals surface area contributed by atoms with Gasteiger partial charge in [0.1, 0.15) is 0 Å². The van der Waals surface area contributed by atoms with Crippen molar-refractivity contribution in [1.29, 1.82) is 0 Å². The van der Waals surface area contributed by atoms with Crippen LogP contribution in [0.1, 0.15) is 24.9 Å². The van der Waals surface area contributed by atoms with Gasteiger partial charge in [0.15, 0.2) is 0 Å². The highest BCUT2D eigenvalue weighted by Gasteiger charge is 2.34. The van der Waals surface area contributed by atoms with Gasteiger partial charge in [-0.2, -0.15) is 13.2 Å². The van der Waals surface area contributed by atoms with Crippen LogP contribution in [-0.2, 0) is 0 Å². The molecule has 1 aliphatic rings. The Kier molecular flexibility index (Phi) is 6.82. The third-order valence-electron chi connectivity index (χ3n) is 4.12. The molecule has 0 unspecified atom stereocenters. The molecule has 0 aromatic heterocycles. The molecule has 4 nitrogen and oxygen atoms in total. The summed E-state index contributed by atoms with van der Waals surface area (Å²) in [4.78, 5) is 13.3. The van der Waals surface area contributed by atoms with Crippen molar-refractivity contribution in [3.05, 3.63) is 33.8 Å². The fourth-order valence-corrected chi connectivity index (χ4v) is 3.13. The number of nitrogens with zero attached hydrogens (tertiary/aromatic N) is 1. The van der Waals surface area contributed by atoms with Gasteiger partial charge < -0.3 is 10.6 Å². The van der Waals surface area contributed by atoms with Crippen LogP contribution < -0.4 is 10.6 Å². The zero-order chi connectivity index (χ0) is 18.6. The van der Waals surface area contributed by atoms with Crippen LogP contribution in [0.2, 0.25) is 10.0 Å². The molecule has 0 radical (unpaired) electrons. The van der Waals surface area contributed by atoms with Gasteiger partial charge in [-0.1, -0.05) is 29.3 Å². The van der Waals surface area contributed by atoms with Crippen LogP contribution in [-0.4, -0.2) is 43.3 Å². The fourth-order valence-electron chi connectivity index (χ4n) is 2.83. The number of amides is 2.